The monoisotopic (exact) mass is 405 g/mol. The summed E-state index contributed by atoms with van der Waals surface area (Å²) in [6, 6.07) is 2.15. The number of halogens is 1. The molecule has 1 aromatic carbocycles. The highest BCUT2D eigenvalue weighted by Gasteiger charge is 2.30. The Morgan fingerprint density at radius 1 is 1.34 bits per heavy atom. The highest BCUT2D eigenvalue weighted by Crippen LogP contribution is 2.41. The van der Waals surface area contributed by atoms with Crippen molar-refractivity contribution >= 4 is 11.3 Å². The molecule has 0 saturated carbocycles. The third kappa shape index (κ3) is 4.41. The van der Waals surface area contributed by atoms with Crippen molar-refractivity contribution in [3.8, 4) is 5.75 Å². The van der Waals surface area contributed by atoms with Gasteiger partial charge in [0.2, 0.25) is 0 Å². The number of nitrogens with one attached hydrogen (secondary N) is 4. The lowest BCUT2D eigenvalue weighted by atomic mass is 9.95. The van der Waals surface area contributed by atoms with Gasteiger partial charge in [-0.25, -0.2) is 4.39 Å². The van der Waals surface area contributed by atoms with Crippen LogP contribution in [0.1, 0.15) is 30.9 Å². The number of aliphatic hydroxyl groups excluding tert-OH is 1. The molecular weight excluding hydrogens is 373 g/mol. The van der Waals surface area contributed by atoms with Crippen LogP contribution < -0.4 is 26.0 Å². The zero-order valence-corrected chi connectivity index (χ0v) is 17.4. The van der Waals surface area contributed by atoms with Crippen LogP contribution in [0.5, 0.6) is 5.75 Å². The molecule has 4 rings (SSSR count). The van der Waals surface area contributed by atoms with Crippen LogP contribution in [0.2, 0.25) is 0 Å². The van der Waals surface area contributed by atoms with Crippen LogP contribution in [0, 0.1) is 5.82 Å². The topological polar surface area (TPSA) is 80.8 Å². The van der Waals surface area contributed by atoms with Crippen molar-refractivity contribution < 1.29 is 14.2 Å². The number of anilines is 1. The summed E-state index contributed by atoms with van der Waals surface area (Å²) in [5, 5.41) is 23.7. The first-order valence-corrected chi connectivity index (χ1v) is 10.4. The van der Waals surface area contributed by atoms with Crippen molar-refractivity contribution in [2.24, 2.45) is 0 Å². The third-order valence-electron chi connectivity index (χ3n) is 5.92. The first-order valence-electron chi connectivity index (χ1n) is 10.4. The molecule has 160 valence electrons. The summed E-state index contributed by atoms with van der Waals surface area (Å²) in [6.45, 7) is 3.92. The average Bonchev–Trinajstić information content (AvgIpc) is 3.06. The van der Waals surface area contributed by atoms with E-state index in [4.69, 9.17) is 4.74 Å². The Hall–Kier alpha value is -1.71. The molecule has 0 amide bonds. The number of rotatable bonds is 4. The number of aliphatic hydroxyl groups is 1. The number of hydrogen-bond acceptors (Lipinski definition) is 7. The minimum atomic E-state index is -0.527. The predicted octanol–water partition coefficient (Wildman–Crippen LogP) is 1.05. The van der Waals surface area contributed by atoms with Gasteiger partial charge in [0.05, 0.1) is 30.1 Å². The molecule has 4 atom stereocenters. The van der Waals surface area contributed by atoms with E-state index in [9.17, 15) is 5.11 Å². The molecule has 0 aliphatic carbocycles. The van der Waals surface area contributed by atoms with Gasteiger partial charge in [-0.2, -0.15) is 0 Å². The van der Waals surface area contributed by atoms with Gasteiger partial charge in [0.15, 0.2) is 5.82 Å². The molecule has 29 heavy (non-hydrogen) atoms. The number of hydrogen-bond donors (Lipinski definition) is 5. The SMILES string of the molecule is CNC1CC(C)NC(Nc2cc3c(c(C4=CCN(C)C[C@@H](O)C4)c2F)OCC3)N1. The molecule has 1 saturated heterocycles. The molecule has 5 N–H and O–H groups in total. The lowest BCUT2D eigenvalue weighted by molar-refractivity contribution is 0.139. The molecule has 3 aliphatic heterocycles. The van der Waals surface area contributed by atoms with E-state index < -0.39 is 6.10 Å². The van der Waals surface area contributed by atoms with Crippen LogP contribution in [0.25, 0.3) is 5.57 Å². The fourth-order valence-electron chi connectivity index (χ4n) is 4.47. The Morgan fingerprint density at radius 3 is 2.97 bits per heavy atom. The van der Waals surface area contributed by atoms with Crippen LogP contribution in [-0.2, 0) is 6.42 Å². The van der Waals surface area contributed by atoms with E-state index in [2.05, 4.69) is 28.2 Å². The zero-order chi connectivity index (χ0) is 20.5. The van der Waals surface area contributed by atoms with Gasteiger partial charge in [0.25, 0.3) is 0 Å². The molecule has 1 fully saturated rings. The molecule has 7 nitrogen and oxygen atoms in total. The fraction of sp³-hybridized carbons (Fsp3) is 0.619. The Morgan fingerprint density at radius 2 is 2.17 bits per heavy atom. The average molecular weight is 406 g/mol. The maximum atomic E-state index is 15.8. The highest BCUT2D eigenvalue weighted by atomic mass is 19.1. The minimum Gasteiger partial charge on any atom is -0.492 e. The van der Waals surface area contributed by atoms with Gasteiger partial charge in [0.1, 0.15) is 12.0 Å². The second-order valence-corrected chi connectivity index (χ2v) is 8.40. The lowest BCUT2D eigenvalue weighted by Gasteiger charge is -2.37. The Bertz CT molecular complexity index is 787. The standard InChI is InChI=1S/C21H32FN5O2/c1-12-8-17(23-2)26-21(24-12)25-16-10-14-5-7-29-20(14)18(19(16)22)13-4-6-27(3)11-15(28)9-13/h4,10,12,15,17,21,23-26,28H,5-9,11H2,1-3H3/t12?,15-,17?,21?/m0/s1. The summed E-state index contributed by atoms with van der Waals surface area (Å²) in [5.41, 5.74) is 2.76. The Labute approximate surface area is 171 Å². The van der Waals surface area contributed by atoms with E-state index in [0.29, 0.717) is 49.2 Å². The normalized spacial score (nSPS) is 30.3. The molecule has 3 heterocycles. The maximum Gasteiger partial charge on any atom is 0.157 e. The summed E-state index contributed by atoms with van der Waals surface area (Å²) < 4.78 is 21.6. The largest absolute Gasteiger partial charge is 0.492 e. The maximum absolute atomic E-state index is 15.8. The van der Waals surface area contributed by atoms with E-state index in [0.717, 1.165) is 24.0 Å². The van der Waals surface area contributed by atoms with E-state index in [1.165, 1.54) is 0 Å². The number of fused-ring (bicyclic) bond motifs is 1. The molecule has 3 aliphatic rings. The zero-order valence-electron chi connectivity index (χ0n) is 17.4. The number of likely N-dealkylation sites (N-methyl/N-ethyl adjacent to an activating group) is 1. The van der Waals surface area contributed by atoms with Crippen molar-refractivity contribution in [1.82, 2.24) is 20.9 Å². The Kier molecular flexibility index (Phi) is 6.08. The van der Waals surface area contributed by atoms with Gasteiger partial charge in [-0.05, 0) is 39.1 Å². The van der Waals surface area contributed by atoms with Crippen molar-refractivity contribution in [3.05, 3.63) is 29.1 Å². The van der Waals surface area contributed by atoms with E-state index in [-0.39, 0.29) is 18.3 Å². The molecule has 1 aromatic rings. The van der Waals surface area contributed by atoms with Gasteiger partial charge in [-0.3, -0.25) is 10.6 Å². The minimum absolute atomic E-state index is 0.152. The molecule has 8 heteroatoms. The molecule has 0 radical (unpaired) electrons. The number of β-amino-alcohol motifs (C(OH)–C–C–N with tert-alkyl or cyclic N) is 1. The van der Waals surface area contributed by atoms with E-state index in [1.54, 1.807) is 0 Å². The summed E-state index contributed by atoms with van der Waals surface area (Å²) in [6.07, 6.45) is 3.50. The summed E-state index contributed by atoms with van der Waals surface area (Å²) in [7, 11) is 3.87. The number of benzene rings is 1. The predicted molar refractivity (Wildman–Crippen MR) is 112 cm³/mol. The summed E-state index contributed by atoms with van der Waals surface area (Å²) in [4.78, 5) is 2.04. The van der Waals surface area contributed by atoms with Crippen molar-refractivity contribution in [1.29, 1.82) is 0 Å². The van der Waals surface area contributed by atoms with Gasteiger partial charge >= 0.3 is 0 Å². The van der Waals surface area contributed by atoms with Gasteiger partial charge in [-0.15, -0.1) is 0 Å². The van der Waals surface area contributed by atoms with E-state index in [1.807, 2.05) is 31.1 Å². The van der Waals surface area contributed by atoms with Crippen molar-refractivity contribution in [3.63, 3.8) is 0 Å². The van der Waals surface area contributed by atoms with Gasteiger partial charge in [0, 0.05) is 37.5 Å². The van der Waals surface area contributed by atoms with Crippen molar-refractivity contribution in [2.75, 3.05) is 39.1 Å². The van der Waals surface area contributed by atoms with Gasteiger partial charge < -0.3 is 25.4 Å². The molecule has 0 spiro atoms. The highest BCUT2D eigenvalue weighted by molar-refractivity contribution is 5.77. The number of ether oxygens (including phenoxy) is 1. The second kappa shape index (κ2) is 8.57. The van der Waals surface area contributed by atoms with Crippen LogP contribution in [0.15, 0.2) is 12.1 Å². The third-order valence-corrected chi connectivity index (χ3v) is 5.92. The molecule has 0 aromatic heterocycles. The fourth-order valence-corrected chi connectivity index (χ4v) is 4.47. The van der Waals surface area contributed by atoms with Crippen LogP contribution in [0.3, 0.4) is 0 Å². The summed E-state index contributed by atoms with van der Waals surface area (Å²) in [5.74, 6) is 0.304. The van der Waals surface area contributed by atoms with Crippen LogP contribution in [-0.4, -0.2) is 68.4 Å². The van der Waals surface area contributed by atoms with Crippen LogP contribution >= 0.6 is 0 Å². The second-order valence-electron chi connectivity index (χ2n) is 8.40. The molecule has 0 bridgehead atoms. The van der Waals surface area contributed by atoms with Gasteiger partial charge in [-0.1, -0.05) is 6.08 Å². The first-order chi connectivity index (χ1) is 13.9. The van der Waals surface area contributed by atoms with E-state index >= 15 is 4.39 Å². The quantitative estimate of drug-likeness (QED) is 0.512. The molecular formula is C21H32FN5O2. The number of nitrogens with zero attached hydrogens (tertiary/aromatic N) is 1. The smallest absolute Gasteiger partial charge is 0.157 e. The summed E-state index contributed by atoms with van der Waals surface area (Å²) >= 11 is 0. The Balaban J connectivity index is 1.67. The molecule has 3 unspecified atom stereocenters. The lowest BCUT2D eigenvalue weighted by Crippen LogP contribution is -2.63. The first kappa shape index (κ1) is 20.6. The van der Waals surface area contributed by atoms with Crippen molar-refractivity contribution in [2.45, 2.75) is 50.8 Å². The van der Waals surface area contributed by atoms with Crippen LogP contribution in [0.4, 0.5) is 10.1 Å².